The predicted octanol–water partition coefficient (Wildman–Crippen LogP) is 3.90. The Morgan fingerprint density at radius 3 is 2.57 bits per heavy atom. The lowest BCUT2D eigenvalue weighted by molar-refractivity contribution is -0.123. The molecule has 0 aliphatic rings. The first-order valence-corrected chi connectivity index (χ1v) is 10.1. The summed E-state index contributed by atoms with van der Waals surface area (Å²) >= 11 is 1.31. The number of amides is 1. The van der Waals surface area contributed by atoms with E-state index in [0.29, 0.717) is 34.3 Å². The van der Waals surface area contributed by atoms with E-state index in [0.717, 1.165) is 0 Å². The lowest BCUT2D eigenvalue weighted by Gasteiger charge is -2.10. The summed E-state index contributed by atoms with van der Waals surface area (Å²) in [6, 6.07) is 17.4. The van der Waals surface area contributed by atoms with E-state index in [2.05, 4.69) is 10.5 Å². The Kier molecular flexibility index (Phi) is 7.57. The minimum absolute atomic E-state index is 0.208. The van der Waals surface area contributed by atoms with Crippen LogP contribution < -0.4 is 19.6 Å². The number of hydrazone groups is 1. The van der Waals surface area contributed by atoms with E-state index in [1.54, 1.807) is 54.6 Å². The number of carbonyl (C=O) groups excluding carboxylic acids is 2. The molecule has 3 rings (SSSR count). The van der Waals surface area contributed by atoms with Crippen LogP contribution >= 0.6 is 11.3 Å². The quantitative estimate of drug-likeness (QED) is 0.244. The molecule has 1 N–H and O–H groups in total. The van der Waals surface area contributed by atoms with Gasteiger partial charge in [0.2, 0.25) is 0 Å². The summed E-state index contributed by atoms with van der Waals surface area (Å²) in [5.41, 5.74) is 3.06. The molecular formula is C22H20N2O5S. The Morgan fingerprint density at radius 2 is 1.83 bits per heavy atom. The zero-order chi connectivity index (χ0) is 21.2. The van der Waals surface area contributed by atoms with Gasteiger partial charge in [-0.15, -0.1) is 11.3 Å². The second kappa shape index (κ2) is 10.8. The van der Waals surface area contributed by atoms with Gasteiger partial charge in [0.05, 0.1) is 12.8 Å². The van der Waals surface area contributed by atoms with Crippen molar-refractivity contribution in [3.63, 3.8) is 0 Å². The minimum Gasteiger partial charge on any atom is -0.490 e. The second-order valence-corrected chi connectivity index (χ2v) is 6.85. The molecule has 0 fully saturated rings. The third-order valence-electron chi connectivity index (χ3n) is 3.70. The summed E-state index contributed by atoms with van der Waals surface area (Å²) in [6.07, 6.45) is 1.45. The maximum Gasteiger partial charge on any atom is 0.353 e. The number of esters is 1. The number of para-hydroxylation sites is 2. The average Bonchev–Trinajstić information content (AvgIpc) is 3.29. The van der Waals surface area contributed by atoms with Crippen LogP contribution in [0.5, 0.6) is 17.2 Å². The number of hydrogen-bond donors (Lipinski definition) is 1. The maximum atomic E-state index is 12.0. The third-order valence-corrected chi connectivity index (χ3v) is 4.55. The van der Waals surface area contributed by atoms with Crippen molar-refractivity contribution in [1.29, 1.82) is 0 Å². The first-order valence-electron chi connectivity index (χ1n) is 9.18. The van der Waals surface area contributed by atoms with E-state index < -0.39 is 11.9 Å². The average molecular weight is 424 g/mol. The van der Waals surface area contributed by atoms with Crippen LogP contribution in [0.2, 0.25) is 0 Å². The van der Waals surface area contributed by atoms with Crippen molar-refractivity contribution in [2.24, 2.45) is 5.10 Å². The van der Waals surface area contributed by atoms with Gasteiger partial charge in [-0.25, -0.2) is 10.2 Å². The Labute approximate surface area is 177 Å². The standard InChI is InChI=1S/C22H20N2O5S/c1-2-27-18-9-3-4-10-19(18)28-15-21(25)24-23-14-16-7-5-8-17(13-16)29-22(26)20-11-6-12-30-20/h3-14H,2,15H2,1H3,(H,24,25). The normalized spacial score (nSPS) is 10.6. The molecule has 1 heterocycles. The molecule has 0 aliphatic heterocycles. The van der Waals surface area contributed by atoms with Gasteiger partial charge < -0.3 is 14.2 Å². The van der Waals surface area contributed by atoms with Crippen LogP contribution in [0.4, 0.5) is 0 Å². The number of rotatable bonds is 9. The number of nitrogens with one attached hydrogen (secondary N) is 1. The molecule has 0 bridgehead atoms. The molecular weight excluding hydrogens is 404 g/mol. The fourth-order valence-electron chi connectivity index (χ4n) is 2.41. The largest absolute Gasteiger partial charge is 0.490 e. The first kappa shape index (κ1) is 21.1. The Balaban J connectivity index is 1.50. The van der Waals surface area contributed by atoms with Gasteiger partial charge in [-0.1, -0.05) is 30.3 Å². The summed E-state index contributed by atoms with van der Waals surface area (Å²) in [5, 5.41) is 5.72. The Hall–Kier alpha value is -3.65. The van der Waals surface area contributed by atoms with Gasteiger partial charge in [0, 0.05) is 0 Å². The Morgan fingerprint density at radius 1 is 1.03 bits per heavy atom. The van der Waals surface area contributed by atoms with Crippen LogP contribution in [0, 0.1) is 0 Å². The monoisotopic (exact) mass is 424 g/mol. The molecule has 8 heteroatoms. The van der Waals surface area contributed by atoms with E-state index in [-0.39, 0.29) is 6.61 Å². The molecule has 0 saturated heterocycles. The summed E-state index contributed by atoms with van der Waals surface area (Å²) in [6.45, 7) is 2.16. The molecule has 0 saturated carbocycles. The lowest BCUT2D eigenvalue weighted by atomic mass is 10.2. The van der Waals surface area contributed by atoms with E-state index in [1.165, 1.54) is 17.6 Å². The van der Waals surface area contributed by atoms with Gasteiger partial charge in [0.1, 0.15) is 10.6 Å². The molecule has 3 aromatic rings. The lowest BCUT2D eigenvalue weighted by Crippen LogP contribution is -2.24. The molecule has 0 radical (unpaired) electrons. The topological polar surface area (TPSA) is 86.2 Å². The number of benzene rings is 2. The first-order chi connectivity index (χ1) is 14.7. The van der Waals surface area contributed by atoms with Crippen LogP contribution in [0.25, 0.3) is 0 Å². The number of ether oxygens (including phenoxy) is 3. The van der Waals surface area contributed by atoms with E-state index >= 15 is 0 Å². The van der Waals surface area contributed by atoms with Crippen molar-refractivity contribution >= 4 is 29.4 Å². The SMILES string of the molecule is CCOc1ccccc1OCC(=O)NN=Cc1cccc(OC(=O)c2cccs2)c1. The van der Waals surface area contributed by atoms with Gasteiger partial charge in [-0.05, 0) is 48.2 Å². The van der Waals surface area contributed by atoms with Crippen molar-refractivity contribution in [2.45, 2.75) is 6.92 Å². The molecule has 154 valence electrons. The zero-order valence-corrected chi connectivity index (χ0v) is 17.1. The molecule has 0 spiro atoms. The summed E-state index contributed by atoms with van der Waals surface area (Å²) < 4.78 is 16.3. The van der Waals surface area contributed by atoms with Crippen LogP contribution in [0.15, 0.2) is 71.1 Å². The van der Waals surface area contributed by atoms with Crippen molar-refractivity contribution in [1.82, 2.24) is 5.43 Å². The van der Waals surface area contributed by atoms with E-state index in [4.69, 9.17) is 14.2 Å². The highest BCUT2D eigenvalue weighted by atomic mass is 32.1. The van der Waals surface area contributed by atoms with Crippen molar-refractivity contribution in [2.75, 3.05) is 13.2 Å². The summed E-state index contributed by atoms with van der Waals surface area (Å²) in [5.74, 6) is 0.609. The third kappa shape index (κ3) is 6.18. The number of hydrogen-bond acceptors (Lipinski definition) is 7. The Bertz CT molecular complexity index is 1020. The molecule has 1 amide bonds. The fraction of sp³-hybridized carbons (Fsp3) is 0.136. The highest BCUT2D eigenvalue weighted by molar-refractivity contribution is 7.12. The smallest absolute Gasteiger partial charge is 0.353 e. The van der Waals surface area contributed by atoms with Crippen molar-refractivity contribution in [3.05, 3.63) is 76.5 Å². The van der Waals surface area contributed by atoms with Crippen molar-refractivity contribution in [3.8, 4) is 17.2 Å². The van der Waals surface area contributed by atoms with Gasteiger partial charge in [0.15, 0.2) is 18.1 Å². The molecule has 2 aromatic carbocycles. The molecule has 1 aromatic heterocycles. The fourth-order valence-corrected chi connectivity index (χ4v) is 3.01. The van der Waals surface area contributed by atoms with Gasteiger partial charge in [0.25, 0.3) is 5.91 Å². The van der Waals surface area contributed by atoms with Crippen LogP contribution in [0.3, 0.4) is 0 Å². The second-order valence-electron chi connectivity index (χ2n) is 5.90. The van der Waals surface area contributed by atoms with E-state index in [1.807, 2.05) is 18.4 Å². The van der Waals surface area contributed by atoms with Gasteiger partial charge >= 0.3 is 5.97 Å². The molecule has 0 aliphatic carbocycles. The zero-order valence-electron chi connectivity index (χ0n) is 16.2. The highest BCUT2D eigenvalue weighted by Gasteiger charge is 2.09. The van der Waals surface area contributed by atoms with Crippen LogP contribution in [-0.4, -0.2) is 31.3 Å². The summed E-state index contributed by atoms with van der Waals surface area (Å²) in [4.78, 5) is 24.5. The molecule has 0 unspecified atom stereocenters. The van der Waals surface area contributed by atoms with Gasteiger partial charge in [-0.2, -0.15) is 5.10 Å². The van der Waals surface area contributed by atoms with Crippen LogP contribution in [0.1, 0.15) is 22.2 Å². The van der Waals surface area contributed by atoms with Crippen molar-refractivity contribution < 1.29 is 23.8 Å². The number of carbonyl (C=O) groups is 2. The summed E-state index contributed by atoms with van der Waals surface area (Å²) in [7, 11) is 0. The van der Waals surface area contributed by atoms with Crippen LogP contribution in [-0.2, 0) is 4.79 Å². The van der Waals surface area contributed by atoms with E-state index in [9.17, 15) is 9.59 Å². The predicted molar refractivity (Wildman–Crippen MR) is 115 cm³/mol. The number of thiophene rings is 1. The minimum atomic E-state index is -0.420. The highest BCUT2D eigenvalue weighted by Crippen LogP contribution is 2.26. The van der Waals surface area contributed by atoms with Gasteiger partial charge in [-0.3, -0.25) is 4.79 Å². The molecule has 0 atom stereocenters. The maximum absolute atomic E-state index is 12.0. The molecule has 30 heavy (non-hydrogen) atoms. The molecule has 7 nitrogen and oxygen atoms in total. The number of nitrogens with zero attached hydrogens (tertiary/aromatic N) is 1.